The first-order valence-corrected chi connectivity index (χ1v) is 7.90. The van der Waals surface area contributed by atoms with Crippen LogP contribution in [0.2, 0.25) is 0 Å². The van der Waals surface area contributed by atoms with E-state index in [1.807, 2.05) is 11.0 Å². The molecule has 3 bridgehead atoms. The van der Waals surface area contributed by atoms with Gasteiger partial charge in [-0.25, -0.2) is 0 Å². The van der Waals surface area contributed by atoms with Crippen molar-refractivity contribution in [2.75, 3.05) is 6.54 Å². The van der Waals surface area contributed by atoms with Gasteiger partial charge in [0.2, 0.25) is 5.91 Å². The second kappa shape index (κ2) is 4.82. The molecular weight excluding hydrogens is 264 g/mol. The third kappa shape index (κ3) is 2.00. The van der Waals surface area contributed by atoms with Gasteiger partial charge in [0.1, 0.15) is 0 Å². The third-order valence-corrected chi connectivity index (χ3v) is 5.51. The summed E-state index contributed by atoms with van der Waals surface area (Å²) in [6, 6.07) is 10.8. The van der Waals surface area contributed by atoms with Gasteiger partial charge in [0.15, 0.2) is 0 Å². The Kier molecular flexibility index (Phi) is 3.05. The number of aliphatic hydroxyl groups excluding tert-OH is 1. The summed E-state index contributed by atoms with van der Waals surface area (Å²) in [5.74, 6) is 0.735. The van der Waals surface area contributed by atoms with Gasteiger partial charge in [-0.05, 0) is 24.3 Å². The number of carbonyl (C=O) groups excluding carboxylic acids is 1. The van der Waals surface area contributed by atoms with Crippen LogP contribution in [0.3, 0.4) is 0 Å². The van der Waals surface area contributed by atoms with Crippen molar-refractivity contribution in [3.8, 4) is 0 Å². The number of rotatable bonds is 2. The number of hydrogen-bond donors (Lipinski definition) is 1. The van der Waals surface area contributed by atoms with Crippen molar-refractivity contribution in [2.24, 2.45) is 5.92 Å². The normalized spacial score (nSPS) is 38.0. The highest BCUT2D eigenvalue weighted by Crippen LogP contribution is 2.45. The Morgan fingerprint density at radius 2 is 1.95 bits per heavy atom. The van der Waals surface area contributed by atoms with Crippen molar-refractivity contribution >= 4 is 5.91 Å². The van der Waals surface area contributed by atoms with Gasteiger partial charge in [-0.15, -0.1) is 0 Å². The molecule has 3 aliphatic rings. The summed E-state index contributed by atoms with van der Waals surface area (Å²) in [5.41, 5.74) is 1.28. The van der Waals surface area contributed by atoms with E-state index < -0.39 is 6.10 Å². The molecule has 0 saturated carbocycles. The fourth-order valence-corrected chi connectivity index (χ4v) is 4.83. The SMILES string of the molecule is CC(=O)N1C2CC3CC1C(C2O)N(Cc1ccccc1)C3. The van der Waals surface area contributed by atoms with Gasteiger partial charge in [-0.2, -0.15) is 0 Å². The van der Waals surface area contributed by atoms with Gasteiger partial charge in [0, 0.05) is 20.0 Å². The molecule has 1 N–H and O–H groups in total. The molecule has 4 heteroatoms. The lowest BCUT2D eigenvalue weighted by molar-refractivity contribution is -0.136. The Labute approximate surface area is 125 Å². The molecule has 21 heavy (non-hydrogen) atoms. The molecule has 5 atom stereocenters. The lowest BCUT2D eigenvalue weighted by Crippen LogP contribution is -2.56. The molecule has 0 aliphatic carbocycles. The average molecular weight is 286 g/mol. The fourth-order valence-electron chi connectivity index (χ4n) is 4.83. The van der Waals surface area contributed by atoms with E-state index in [1.165, 1.54) is 5.56 Å². The molecule has 5 unspecified atom stereocenters. The van der Waals surface area contributed by atoms with Gasteiger partial charge in [-0.1, -0.05) is 30.3 Å². The van der Waals surface area contributed by atoms with Crippen LogP contribution in [-0.4, -0.2) is 51.6 Å². The molecule has 0 spiro atoms. The molecule has 1 aromatic carbocycles. The van der Waals surface area contributed by atoms with E-state index in [1.54, 1.807) is 6.92 Å². The quantitative estimate of drug-likeness (QED) is 0.889. The van der Waals surface area contributed by atoms with Crippen LogP contribution < -0.4 is 0 Å². The van der Waals surface area contributed by atoms with Gasteiger partial charge >= 0.3 is 0 Å². The van der Waals surface area contributed by atoms with Crippen LogP contribution in [0, 0.1) is 5.92 Å². The highest BCUT2D eigenvalue weighted by molar-refractivity contribution is 5.75. The first-order valence-electron chi connectivity index (χ1n) is 7.90. The summed E-state index contributed by atoms with van der Waals surface area (Å²) in [5, 5.41) is 10.7. The summed E-state index contributed by atoms with van der Waals surface area (Å²) in [6.07, 6.45) is 1.62. The predicted molar refractivity (Wildman–Crippen MR) is 79.5 cm³/mol. The fraction of sp³-hybridized carbons (Fsp3) is 0.588. The molecule has 4 nitrogen and oxygen atoms in total. The number of hydrogen-bond acceptors (Lipinski definition) is 3. The maximum Gasteiger partial charge on any atom is 0.220 e. The van der Waals surface area contributed by atoms with Crippen molar-refractivity contribution in [3.63, 3.8) is 0 Å². The topological polar surface area (TPSA) is 43.8 Å². The Hall–Kier alpha value is -1.39. The second-order valence-corrected chi connectivity index (χ2v) is 6.79. The van der Waals surface area contributed by atoms with Crippen molar-refractivity contribution in [1.82, 2.24) is 9.80 Å². The standard InChI is InChI=1S/C17H22N2O2/c1-11(20)19-14-7-13-8-15(19)17(21)16(14)18(10-13)9-12-5-3-2-4-6-12/h2-6,13-17,21H,7-10H2,1H3. The van der Waals surface area contributed by atoms with Crippen molar-refractivity contribution < 1.29 is 9.90 Å². The minimum atomic E-state index is -0.393. The maximum atomic E-state index is 11.9. The molecule has 3 saturated heterocycles. The Bertz CT molecular complexity index is 547. The van der Waals surface area contributed by atoms with E-state index in [4.69, 9.17) is 0 Å². The van der Waals surface area contributed by atoms with Gasteiger partial charge in [0.25, 0.3) is 0 Å². The van der Waals surface area contributed by atoms with Crippen LogP contribution >= 0.6 is 0 Å². The number of aliphatic hydroxyl groups is 1. The Morgan fingerprint density at radius 3 is 2.67 bits per heavy atom. The first kappa shape index (κ1) is 13.3. The summed E-state index contributed by atoms with van der Waals surface area (Å²) >= 11 is 0. The van der Waals surface area contributed by atoms with Crippen LogP contribution in [0.1, 0.15) is 25.3 Å². The molecule has 1 amide bonds. The van der Waals surface area contributed by atoms with Crippen LogP contribution in [0.25, 0.3) is 0 Å². The number of amides is 1. The monoisotopic (exact) mass is 286 g/mol. The summed E-state index contributed by atoms with van der Waals surface area (Å²) in [6.45, 7) is 3.56. The smallest absolute Gasteiger partial charge is 0.220 e. The van der Waals surface area contributed by atoms with E-state index in [0.29, 0.717) is 5.92 Å². The second-order valence-electron chi connectivity index (χ2n) is 6.79. The van der Waals surface area contributed by atoms with E-state index >= 15 is 0 Å². The van der Waals surface area contributed by atoms with E-state index in [9.17, 15) is 9.90 Å². The number of piperidine rings is 2. The summed E-state index contributed by atoms with van der Waals surface area (Å²) < 4.78 is 0. The largest absolute Gasteiger partial charge is 0.389 e. The zero-order valence-electron chi connectivity index (χ0n) is 12.4. The molecule has 3 heterocycles. The molecule has 1 aromatic rings. The molecule has 0 radical (unpaired) electrons. The zero-order valence-corrected chi connectivity index (χ0v) is 12.4. The van der Waals surface area contributed by atoms with Crippen LogP contribution in [0.5, 0.6) is 0 Å². The number of nitrogens with zero attached hydrogens (tertiary/aromatic N) is 2. The van der Waals surface area contributed by atoms with E-state index in [-0.39, 0.29) is 24.0 Å². The van der Waals surface area contributed by atoms with E-state index in [2.05, 4.69) is 29.2 Å². The van der Waals surface area contributed by atoms with Crippen LogP contribution in [0.15, 0.2) is 30.3 Å². The minimum Gasteiger partial charge on any atom is -0.389 e. The molecule has 112 valence electrons. The first-order chi connectivity index (χ1) is 10.1. The predicted octanol–water partition coefficient (Wildman–Crippen LogP) is 1.24. The number of carbonyl (C=O) groups is 1. The van der Waals surface area contributed by atoms with E-state index in [0.717, 1.165) is 25.9 Å². The number of benzene rings is 1. The van der Waals surface area contributed by atoms with Crippen molar-refractivity contribution in [3.05, 3.63) is 35.9 Å². The van der Waals surface area contributed by atoms with Gasteiger partial charge in [-0.3, -0.25) is 9.69 Å². The van der Waals surface area contributed by atoms with Crippen molar-refractivity contribution in [1.29, 1.82) is 0 Å². The Balaban J connectivity index is 1.62. The molecule has 0 aromatic heterocycles. The molecular formula is C17H22N2O2. The minimum absolute atomic E-state index is 0.0389. The van der Waals surface area contributed by atoms with Crippen LogP contribution in [0.4, 0.5) is 0 Å². The lowest BCUT2D eigenvalue weighted by atomic mass is 9.86. The summed E-state index contributed by atoms with van der Waals surface area (Å²) in [7, 11) is 0. The number of likely N-dealkylation sites (tertiary alicyclic amines) is 1. The van der Waals surface area contributed by atoms with Gasteiger partial charge in [0.05, 0.1) is 24.2 Å². The third-order valence-electron chi connectivity index (χ3n) is 5.51. The summed E-state index contributed by atoms with van der Waals surface area (Å²) in [4.78, 5) is 16.3. The van der Waals surface area contributed by atoms with Crippen LogP contribution in [-0.2, 0) is 11.3 Å². The molecule has 3 aliphatic heterocycles. The average Bonchev–Trinajstić information content (AvgIpc) is 2.57. The zero-order chi connectivity index (χ0) is 14.6. The highest BCUT2D eigenvalue weighted by atomic mass is 16.3. The lowest BCUT2D eigenvalue weighted by Gasteiger charge is -2.46. The number of fused-ring (bicyclic) bond motifs is 2. The molecule has 3 fully saturated rings. The Morgan fingerprint density at radius 1 is 1.24 bits per heavy atom. The molecule has 4 rings (SSSR count). The van der Waals surface area contributed by atoms with Crippen molar-refractivity contribution in [2.45, 2.75) is 50.5 Å². The highest BCUT2D eigenvalue weighted by Gasteiger charge is 2.58. The maximum absolute atomic E-state index is 11.9. The van der Waals surface area contributed by atoms with Gasteiger partial charge < -0.3 is 10.0 Å².